The minimum absolute atomic E-state index is 0.586. The first kappa shape index (κ1) is 8.68. The summed E-state index contributed by atoms with van der Waals surface area (Å²) in [6, 6.07) is 3.86. The van der Waals surface area contributed by atoms with Gasteiger partial charge in [-0.2, -0.15) is 0 Å². The van der Waals surface area contributed by atoms with Gasteiger partial charge in [0.05, 0.1) is 6.20 Å². The molecule has 0 aliphatic rings. The number of rotatable bonds is 1. The van der Waals surface area contributed by atoms with Crippen molar-refractivity contribution in [3.05, 3.63) is 33.9 Å². The quantitative estimate of drug-likeness (QED) is 0.756. The highest BCUT2D eigenvalue weighted by molar-refractivity contribution is 14.1. The average molecular weight is 286 g/mol. The minimum atomic E-state index is 0.586. The van der Waals surface area contributed by atoms with E-state index in [9.17, 15) is 0 Å². The van der Waals surface area contributed by atoms with E-state index in [4.69, 9.17) is 4.42 Å². The summed E-state index contributed by atoms with van der Waals surface area (Å²) in [6.07, 6.45) is 3.43. The molecular formula is C9H7IN2O. The van der Waals surface area contributed by atoms with Gasteiger partial charge in [-0.05, 0) is 41.6 Å². The topological polar surface area (TPSA) is 38.9 Å². The van der Waals surface area contributed by atoms with Gasteiger partial charge in [0.2, 0.25) is 5.89 Å². The molecule has 3 nitrogen and oxygen atoms in total. The van der Waals surface area contributed by atoms with Crippen LogP contribution in [0.25, 0.3) is 11.6 Å². The standard InChI is InChI=1S/C9H7IN2O/c1-6-5-12-9(13-6)8-7(10)3-2-4-11-8/h2-5H,1H3. The van der Waals surface area contributed by atoms with E-state index in [1.807, 2.05) is 19.1 Å². The largest absolute Gasteiger partial charge is 0.440 e. The molecule has 0 aromatic carbocycles. The molecule has 0 atom stereocenters. The van der Waals surface area contributed by atoms with Crippen LogP contribution in [0.15, 0.2) is 28.9 Å². The van der Waals surface area contributed by atoms with Crippen molar-refractivity contribution < 1.29 is 4.42 Å². The fourth-order valence-electron chi connectivity index (χ4n) is 1.01. The Bertz CT molecular complexity index is 425. The Hall–Kier alpha value is -0.910. The summed E-state index contributed by atoms with van der Waals surface area (Å²) >= 11 is 2.21. The third-order valence-electron chi connectivity index (χ3n) is 1.58. The molecule has 4 heteroatoms. The molecule has 2 heterocycles. The third kappa shape index (κ3) is 1.72. The normalized spacial score (nSPS) is 10.3. The molecule has 0 saturated heterocycles. The number of halogens is 1. The zero-order valence-electron chi connectivity index (χ0n) is 6.99. The second-order valence-electron chi connectivity index (χ2n) is 2.61. The SMILES string of the molecule is Cc1cnc(-c2ncccc2I)o1. The van der Waals surface area contributed by atoms with Crippen molar-refractivity contribution in [2.75, 3.05) is 0 Å². The van der Waals surface area contributed by atoms with Gasteiger partial charge in [-0.3, -0.25) is 4.98 Å². The summed E-state index contributed by atoms with van der Waals surface area (Å²) in [7, 11) is 0. The maximum atomic E-state index is 5.37. The smallest absolute Gasteiger partial charge is 0.246 e. The summed E-state index contributed by atoms with van der Waals surface area (Å²) in [5, 5.41) is 0. The molecule has 2 aromatic heterocycles. The lowest BCUT2D eigenvalue weighted by molar-refractivity contribution is 0.540. The van der Waals surface area contributed by atoms with Crippen LogP contribution in [0.2, 0.25) is 0 Å². The molecule has 66 valence electrons. The summed E-state index contributed by atoms with van der Waals surface area (Å²) in [5.74, 6) is 1.39. The fourth-order valence-corrected chi connectivity index (χ4v) is 1.58. The monoisotopic (exact) mass is 286 g/mol. The van der Waals surface area contributed by atoms with Crippen molar-refractivity contribution in [1.82, 2.24) is 9.97 Å². The van der Waals surface area contributed by atoms with Gasteiger partial charge in [-0.1, -0.05) is 0 Å². The first-order valence-electron chi connectivity index (χ1n) is 3.80. The summed E-state index contributed by atoms with van der Waals surface area (Å²) in [5.41, 5.74) is 0.802. The Morgan fingerprint density at radius 1 is 1.38 bits per heavy atom. The maximum absolute atomic E-state index is 5.37. The van der Waals surface area contributed by atoms with Gasteiger partial charge in [0.15, 0.2) is 0 Å². The van der Waals surface area contributed by atoms with Crippen molar-refractivity contribution in [2.45, 2.75) is 6.92 Å². The van der Waals surface area contributed by atoms with E-state index in [-0.39, 0.29) is 0 Å². The molecule has 0 saturated carbocycles. The van der Waals surface area contributed by atoms with Gasteiger partial charge < -0.3 is 4.42 Å². The Morgan fingerprint density at radius 3 is 2.85 bits per heavy atom. The average Bonchev–Trinajstić information content (AvgIpc) is 2.53. The first-order valence-corrected chi connectivity index (χ1v) is 4.88. The van der Waals surface area contributed by atoms with Crippen LogP contribution < -0.4 is 0 Å². The Labute approximate surface area is 89.3 Å². The van der Waals surface area contributed by atoms with E-state index in [1.165, 1.54) is 0 Å². The predicted molar refractivity (Wildman–Crippen MR) is 57.2 cm³/mol. The lowest BCUT2D eigenvalue weighted by atomic mass is 10.3. The molecule has 2 aromatic rings. The Kier molecular flexibility index (Phi) is 2.30. The van der Waals surface area contributed by atoms with Gasteiger partial charge in [0.1, 0.15) is 11.5 Å². The molecular weight excluding hydrogens is 279 g/mol. The Morgan fingerprint density at radius 2 is 2.23 bits per heavy atom. The highest BCUT2D eigenvalue weighted by Gasteiger charge is 2.08. The molecule has 13 heavy (non-hydrogen) atoms. The fraction of sp³-hybridized carbons (Fsp3) is 0.111. The van der Waals surface area contributed by atoms with E-state index in [0.717, 1.165) is 15.0 Å². The van der Waals surface area contributed by atoms with Crippen LogP contribution in [0.3, 0.4) is 0 Å². The number of nitrogens with zero attached hydrogens (tertiary/aromatic N) is 2. The van der Waals surface area contributed by atoms with Gasteiger partial charge in [0.25, 0.3) is 0 Å². The molecule has 2 rings (SSSR count). The highest BCUT2D eigenvalue weighted by Crippen LogP contribution is 2.21. The summed E-state index contributed by atoms with van der Waals surface area (Å²) in [4.78, 5) is 8.31. The zero-order valence-corrected chi connectivity index (χ0v) is 9.15. The molecule has 0 N–H and O–H groups in total. The number of hydrogen-bond donors (Lipinski definition) is 0. The highest BCUT2D eigenvalue weighted by atomic mass is 127. The molecule has 0 radical (unpaired) electrons. The van der Waals surface area contributed by atoms with Crippen LogP contribution in [-0.4, -0.2) is 9.97 Å². The van der Waals surface area contributed by atoms with Crippen LogP contribution in [0.1, 0.15) is 5.76 Å². The predicted octanol–water partition coefficient (Wildman–Crippen LogP) is 2.65. The third-order valence-corrected chi connectivity index (χ3v) is 2.45. The van der Waals surface area contributed by atoms with E-state index in [0.29, 0.717) is 5.89 Å². The van der Waals surface area contributed by atoms with Gasteiger partial charge in [0, 0.05) is 9.77 Å². The zero-order chi connectivity index (χ0) is 9.26. The van der Waals surface area contributed by atoms with Gasteiger partial charge in [-0.15, -0.1) is 0 Å². The minimum Gasteiger partial charge on any atom is -0.440 e. The van der Waals surface area contributed by atoms with Gasteiger partial charge >= 0.3 is 0 Å². The van der Waals surface area contributed by atoms with Crippen LogP contribution in [0, 0.1) is 10.5 Å². The van der Waals surface area contributed by atoms with Crippen molar-refractivity contribution in [1.29, 1.82) is 0 Å². The molecule has 0 amide bonds. The van der Waals surface area contributed by atoms with Crippen LogP contribution >= 0.6 is 22.6 Å². The van der Waals surface area contributed by atoms with Crippen molar-refractivity contribution in [3.8, 4) is 11.6 Å². The first-order chi connectivity index (χ1) is 6.27. The lowest BCUT2D eigenvalue weighted by Gasteiger charge is -1.96. The number of hydrogen-bond acceptors (Lipinski definition) is 3. The second-order valence-corrected chi connectivity index (χ2v) is 3.77. The molecule has 0 fully saturated rings. The van der Waals surface area contributed by atoms with E-state index < -0.39 is 0 Å². The van der Waals surface area contributed by atoms with Gasteiger partial charge in [-0.25, -0.2) is 4.98 Å². The molecule has 0 bridgehead atoms. The number of pyridine rings is 1. The van der Waals surface area contributed by atoms with Crippen molar-refractivity contribution >= 4 is 22.6 Å². The number of aryl methyl sites for hydroxylation is 1. The maximum Gasteiger partial charge on any atom is 0.246 e. The second kappa shape index (κ2) is 3.45. The van der Waals surface area contributed by atoms with Crippen LogP contribution in [-0.2, 0) is 0 Å². The number of oxazole rings is 1. The molecule has 0 unspecified atom stereocenters. The van der Waals surface area contributed by atoms with Crippen molar-refractivity contribution in [3.63, 3.8) is 0 Å². The van der Waals surface area contributed by atoms with E-state index in [1.54, 1.807) is 12.4 Å². The van der Waals surface area contributed by atoms with E-state index in [2.05, 4.69) is 32.6 Å². The van der Waals surface area contributed by atoms with E-state index >= 15 is 0 Å². The lowest BCUT2D eigenvalue weighted by Crippen LogP contribution is -1.85. The summed E-state index contributed by atoms with van der Waals surface area (Å²) < 4.78 is 6.42. The molecule has 0 aliphatic carbocycles. The van der Waals surface area contributed by atoms with Crippen LogP contribution in [0.5, 0.6) is 0 Å². The molecule has 0 spiro atoms. The molecule has 0 aliphatic heterocycles. The van der Waals surface area contributed by atoms with Crippen molar-refractivity contribution in [2.24, 2.45) is 0 Å². The van der Waals surface area contributed by atoms with Crippen LogP contribution in [0.4, 0.5) is 0 Å². The number of aromatic nitrogens is 2. The Balaban J connectivity index is 2.52. The summed E-state index contributed by atoms with van der Waals surface area (Å²) in [6.45, 7) is 1.87.